The van der Waals surface area contributed by atoms with Crippen LogP contribution in [0.4, 0.5) is 18.9 Å². The maximum Gasteiger partial charge on any atom is 0.416 e. The SMILES string of the molecule is Cc1cn(-c2cc(C(=O)Nc3ccc(C)c(-n4cc(-c5cnc6[nH]ccc6c5)cn4)c3)cc(C(F)(F)F)c2)cn1. The molecule has 40 heavy (non-hydrogen) atoms. The van der Waals surface area contributed by atoms with E-state index in [2.05, 4.69) is 25.4 Å². The number of aryl methyl sites for hydroxylation is 2. The van der Waals surface area contributed by atoms with Crippen molar-refractivity contribution in [2.45, 2.75) is 20.0 Å². The molecule has 2 N–H and O–H groups in total. The number of imidazole rings is 1. The number of halogens is 3. The Bertz CT molecular complexity index is 1880. The Labute approximate surface area is 226 Å². The number of aromatic nitrogens is 6. The summed E-state index contributed by atoms with van der Waals surface area (Å²) in [6, 6.07) is 12.4. The minimum atomic E-state index is -4.63. The van der Waals surface area contributed by atoms with Crippen molar-refractivity contribution in [1.29, 1.82) is 0 Å². The van der Waals surface area contributed by atoms with Gasteiger partial charge in [0.1, 0.15) is 5.65 Å². The lowest BCUT2D eigenvalue weighted by molar-refractivity contribution is -0.137. The molecule has 0 radical (unpaired) electrons. The van der Waals surface area contributed by atoms with Crippen LogP contribution in [0.2, 0.25) is 0 Å². The second-order valence-electron chi connectivity index (χ2n) is 9.46. The van der Waals surface area contributed by atoms with Crippen LogP contribution in [0, 0.1) is 13.8 Å². The Hall–Kier alpha value is -5.19. The van der Waals surface area contributed by atoms with Crippen molar-refractivity contribution in [3.63, 3.8) is 0 Å². The normalized spacial score (nSPS) is 11.7. The van der Waals surface area contributed by atoms with E-state index in [0.717, 1.165) is 39.9 Å². The number of pyridine rings is 1. The number of amides is 1. The van der Waals surface area contributed by atoms with E-state index in [9.17, 15) is 18.0 Å². The number of alkyl halides is 3. The van der Waals surface area contributed by atoms with E-state index >= 15 is 0 Å². The number of hydrogen-bond donors (Lipinski definition) is 2. The van der Waals surface area contributed by atoms with Crippen LogP contribution in [0.15, 0.2) is 85.8 Å². The molecule has 6 aromatic rings. The van der Waals surface area contributed by atoms with Crippen LogP contribution in [0.3, 0.4) is 0 Å². The van der Waals surface area contributed by atoms with E-state index in [1.54, 1.807) is 42.3 Å². The van der Waals surface area contributed by atoms with Gasteiger partial charge in [0, 0.05) is 58.2 Å². The van der Waals surface area contributed by atoms with E-state index in [4.69, 9.17) is 0 Å². The van der Waals surface area contributed by atoms with Crippen LogP contribution in [0.25, 0.3) is 33.5 Å². The molecule has 4 heterocycles. The van der Waals surface area contributed by atoms with Crippen molar-refractivity contribution in [2.75, 3.05) is 5.32 Å². The van der Waals surface area contributed by atoms with Gasteiger partial charge in [-0.05, 0) is 61.9 Å². The number of carbonyl (C=O) groups excluding carboxylic acids is 1. The lowest BCUT2D eigenvalue weighted by atomic mass is 10.1. The molecule has 1 amide bonds. The van der Waals surface area contributed by atoms with E-state index in [-0.39, 0.29) is 11.3 Å². The predicted molar refractivity (Wildman–Crippen MR) is 145 cm³/mol. The fraction of sp³-hybridized carbons (Fsp3) is 0.103. The van der Waals surface area contributed by atoms with Crippen molar-refractivity contribution in [2.24, 2.45) is 0 Å². The highest BCUT2D eigenvalue weighted by Gasteiger charge is 2.32. The van der Waals surface area contributed by atoms with E-state index in [1.807, 2.05) is 37.5 Å². The first kappa shape index (κ1) is 25.1. The van der Waals surface area contributed by atoms with Gasteiger partial charge in [-0.2, -0.15) is 18.3 Å². The summed E-state index contributed by atoms with van der Waals surface area (Å²) in [5.74, 6) is -0.675. The lowest BCUT2D eigenvalue weighted by Gasteiger charge is -2.14. The van der Waals surface area contributed by atoms with Gasteiger partial charge < -0.3 is 14.9 Å². The van der Waals surface area contributed by atoms with Crippen molar-refractivity contribution in [1.82, 2.24) is 29.3 Å². The van der Waals surface area contributed by atoms with Gasteiger partial charge >= 0.3 is 6.18 Å². The minimum absolute atomic E-state index is 0.132. The molecule has 6 rings (SSSR count). The molecule has 0 saturated heterocycles. The maximum atomic E-state index is 13.7. The second kappa shape index (κ2) is 9.53. The third-order valence-electron chi connectivity index (χ3n) is 6.55. The monoisotopic (exact) mass is 541 g/mol. The molecule has 0 atom stereocenters. The van der Waals surface area contributed by atoms with Crippen molar-refractivity contribution >= 4 is 22.6 Å². The number of hydrogen-bond acceptors (Lipinski definition) is 4. The molecule has 4 aromatic heterocycles. The van der Waals surface area contributed by atoms with Gasteiger partial charge in [0.05, 0.1) is 29.5 Å². The van der Waals surface area contributed by atoms with E-state index in [1.165, 1.54) is 17.0 Å². The number of nitrogens with one attached hydrogen (secondary N) is 2. The Morgan fingerprint density at radius 2 is 1.80 bits per heavy atom. The summed E-state index contributed by atoms with van der Waals surface area (Å²) >= 11 is 0. The first-order chi connectivity index (χ1) is 19.1. The average molecular weight is 542 g/mol. The van der Waals surface area contributed by atoms with Crippen molar-refractivity contribution in [3.05, 3.63) is 108 Å². The molecule has 0 aliphatic heterocycles. The first-order valence-corrected chi connectivity index (χ1v) is 12.3. The molecule has 0 bridgehead atoms. The molecule has 200 valence electrons. The number of aromatic amines is 1. The average Bonchev–Trinajstić information content (AvgIpc) is 3.69. The summed E-state index contributed by atoms with van der Waals surface area (Å²) in [6.45, 7) is 3.63. The van der Waals surface area contributed by atoms with Gasteiger partial charge in [0.25, 0.3) is 5.91 Å². The van der Waals surface area contributed by atoms with Gasteiger partial charge in [-0.1, -0.05) is 6.07 Å². The van der Waals surface area contributed by atoms with Gasteiger partial charge in [-0.15, -0.1) is 0 Å². The summed E-state index contributed by atoms with van der Waals surface area (Å²) in [4.78, 5) is 24.7. The third kappa shape index (κ3) is 4.84. The number of benzene rings is 2. The zero-order valence-corrected chi connectivity index (χ0v) is 21.4. The number of fused-ring (bicyclic) bond motifs is 1. The van der Waals surface area contributed by atoms with Crippen LogP contribution < -0.4 is 5.32 Å². The first-order valence-electron chi connectivity index (χ1n) is 12.3. The fourth-order valence-corrected chi connectivity index (χ4v) is 4.46. The number of anilines is 1. The fourth-order valence-electron chi connectivity index (χ4n) is 4.46. The van der Waals surface area contributed by atoms with Gasteiger partial charge in [0.2, 0.25) is 0 Å². The van der Waals surface area contributed by atoms with Crippen LogP contribution in [-0.2, 0) is 6.18 Å². The van der Waals surface area contributed by atoms with Crippen LogP contribution in [0.5, 0.6) is 0 Å². The maximum absolute atomic E-state index is 13.7. The molecule has 11 heteroatoms. The van der Waals surface area contributed by atoms with Crippen molar-refractivity contribution in [3.8, 4) is 22.5 Å². The third-order valence-corrected chi connectivity index (χ3v) is 6.55. The summed E-state index contributed by atoms with van der Waals surface area (Å²) in [7, 11) is 0. The quantitative estimate of drug-likeness (QED) is 0.261. The van der Waals surface area contributed by atoms with Crippen molar-refractivity contribution < 1.29 is 18.0 Å². The number of nitrogens with zero attached hydrogens (tertiary/aromatic N) is 5. The Kier molecular flexibility index (Phi) is 5.98. The number of H-pyrrole nitrogens is 1. The predicted octanol–water partition coefficient (Wildman–Crippen LogP) is 6.49. The highest BCUT2D eigenvalue weighted by atomic mass is 19.4. The summed E-state index contributed by atoms with van der Waals surface area (Å²) in [6.07, 6.45) is 5.54. The van der Waals surface area contributed by atoms with Gasteiger partial charge in [-0.3, -0.25) is 4.79 Å². The Morgan fingerprint density at radius 1 is 0.950 bits per heavy atom. The molecular weight excluding hydrogens is 519 g/mol. The molecule has 0 fully saturated rings. The van der Waals surface area contributed by atoms with E-state index in [0.29, 0.717) is 17.1 Å². The van der Waals surface area contributed by atoms with Crippen LogP contribution >= 0.6 is 0 Å². The van der Waals surface area contributed by atoms with E-state index < -0.39 is 17.6 Å². The number of rotatable bonds is 5. The Balaban J connectivity index is 1.29. The lowest BCUT2D eigenvalue weighted by Crippen LogP contribution is -2.15. The standard InChI is InChI=1S/C29H22F3N7O/c1-17-3-4-24(11-26(17)39-15-22(13-36-39)21-7-19-5-6-33-27(19)34-12-21)37-28(40)20-8-23(29(30,31)32)10-25(9-20)38-14-18(2)35-16-38/h3-16H,1-2H3,(H,33,34)(H,37,40). The zero-order valence-electron chi connectivity index (χ0n) is 21.4. The highest BCUT2D eigenvalue weighted by molar-refractivity contribution is 6.05. The van der Waals surface area contributed by atoms with Gasteiger partial charge in [-0.25, -0.2) is 14.6 Å². The summed E-state index contributed by atoms with van der Waals surface area (Å²) in [5.41, 5.74) is 4.32. The highest BCUT2D eigenvalue weighted by Crippen LogP contribution is 2.32. The minimum Gasteiger partial charge on any atom is -0.346 e. The molecule has 2 aromatic carbocycles. The Morgan fingerprint density at radius 3 is 2.58 bits per heavy atom. The molecule has 0 aliphatic rings. The summed E-state index contributed by atoms with van der Waals surface area (Å²) in [5, 5.41) is 8.20. The second-order valence-corrected chi connectivity index (χ2v) is 9.46. The molecule has 0 spiro atoms. The molecule has 0 aliphatic carbocycles. The zero-order chi connectivity index (χ0) is 28.0. The van der Waals surface area contributed by atoms with Crippen LogP contribution in [-0.4, -0.2) is 35.2 Å². The smallest absolute Gasteiger partial charge is 0.346 e. The molecule has 0 saturated carbocycles. The summed E-state index contributed by atoms with van der Waals surface area (Å²) < 4.78 is 44.1. The van der Waals surface area contributed by atoms with Crippen LogP contribution in [0.1, 0.15) is 27.2 Å². The molecule has 8 nitrogen and oxygen atoms in total. The molecular formula is C29H22F3N7O. The van der Waals surface area contributed by atoms with Gasteiger partial charge in [0.15, 0.2) is 0 Å². The largest absolute Gasteiger partial charge is 0.416 e. The molecule has 0 unspecified atom stereocenters. The topological polar surface area (TPSA) is 93.4 Å². The number of carbonyl (C=O) groups is 1.